The van der Waals surface area contributed by atoms with E-state index < -0.39 is 16.1 Å². The van der Waals surface area contributed by atoms with Crippen molar-refractivity contribution in [2.45, 2.75) is 34.1 Å². The van der Waals surface area contributed by atoms with Crippen LogP contribution in [0.2, 0.25) is 0 Å². The topological polar surface area (TPSA) is 128 Å². The van der Waals surface area contributed by atoms with Gasteiger partial charge in [0.25, 0.3) is 0 Å². The second-order valence-electron chi connectivity index (χ2n) is 7.69. The van der Waals surface area contributed by atoms with Gasteiger partial charge in [0.15, 0.2) is 11.5 Å². The number of ether oxygens (including phenoxy) is 1. The molecule has 0 aromatic carbocycles. The lowest BCUT2D eigenvalue weighted by Gasteiger charge is -2.17. The first-order valence-electron chi connectivity index (χ1n) is 8.65. The summed E-state index contributed by atoms with van der Waals surface area (Å²) < 4.78 is 31.8. The van der Waals surface area contributed by atoms with E-state index in [-0.39, 0.29) is 5.41 Å². The van der Waals surface area contributed by atoms with Gasteiger partial charge >= 0.3 is 6.09 Å². The molecular weight excluding hydrogens is 384 g/mol. The molecule has 2 rings (SSSR count). The first kappa shape index (κ1) is 21.6. The summed E-state index contributed by atoms with van der Waals surface area (Å²) in [5, 5.41) is 10.6. The number of nitrogens with one attached hydrogen (secondary N) is 2. The predicted molar refractivity (Wildman–Crippen MR) is 106 cm³/mol. The number of nitrogens with zero attached hydrogens (tertiary/aromatic N) is 4. The lowest BCUT2D eigenvalue weighted by atomic mass is 9.93. The molecule has 0 aliphatic rings. The molecule has 0 unspecified atom stereocenters. The van der Waals surface area contributed by atoms with Gasteiger partial charge in [-0.25, -0.2) is 22.9 Å². The van der Waals surface area contributed by atoms with E-state index in [0.29, 0.717) is 35.2 Å². The number of sulfonamides is 1. The zero-order chi connectivity index (χ0) is 21.1. The monoisotopic (exact) mass is 410 g/mol. The Balaban J connectivity index is 2.18. The quantitative estimate of drug-likeness (QED) is 0.749. The molecule has 0 bridgehead atoms. The van der Waals surface area contributed by atoms with Crippen LogP contribution in [0.5, 0.6) is 0 Å². The Hall–Kier alpha value is -2.69. The summed E-state index contributed by atoms with van der Waals surface area (Å²) in [5.41, 5.74) is 1.68. The van der Waals surface area contributed by atoms with Gasteiger partial charge < -0.3 is 4.74 Å². The van der Waals surface area contributed by atoms with Gasteiger partial charge in [0.1, 0.15) is 0 Å². The molecule has 0 saturated carbocycles. The number of rotatable bonds is 6. The number of anilines is 2. The van der Waals surface area contributed by atoms with E-state index in [1.807, 2.05) is 0 Å². The zero-order valence-electron chi connectivity index (χ0n) is 16.9. The number of aryl methyl sites for hydroxylation is 2. The normalized spacial score (nSPS) is 11.9. The molecule has 2 aromatic heterocycles. The fraction of sp³-hybridized carbons (Fsp3) is 0.529. The number of hydrogen-bond acceptors (Lipinski definition) is 7. The van der Waals surface area contributed by atoms with Gasteiger partial charge in [0.05, 0.1) is 29.9 Å². The van der Waals surface area contributed by atoms with Crippen LogP contribution in [0.15, 0.2) is 12.1 Å². The summed E-state index contributed by atoms with van der Waals surface area (Å²) >= 11 is 0. The first-order valence-corrected chi connectivity index (χ1v) is 10.5. The van der Waals surface area contributed by atoms with Crippen molar-refractivity contribution in [3.8, 4) is 11.4 Å². The maximum atomic E-state index is 12.1. The van der Waals surface area contributed by atoms with Crippen LogP contribution in [-0.4, -0.2) is 47.4 Å². The largest absolute Gasteiger partial charge is 0.449 e. The van der Waals surface area contributed by atoms with Crippen LogP contribution < -0.4 is 10.0 Å². The van der Waals surface area contributed by atoms with Gasteiger partial charge in [0, 0.05) is 7.05 Å². The van der Waals surface area contributed by atoms with Gasteiger partial charge in [-0.2, -0.15) is 0 Å². The molecule has 0 atom stereocenters. The molecule has 0 saturated heterocycles. The van der Waals surface area contributed by atoms with E-state index in [2.05, 4.69) is 46.1 Å². The molecule has 0 spiro atoms. The summed E-state index contributed by atoms with van der Waals surface area (Å²) in [6.45, 7) is 8.15. The van der Waals surface area contributed by atoms with Gasteiger partial charge in [-0.1, -0.05) is 26.0 Å². The SMILES string of the molecule is Cc1nc(-c2nnn(C)c2NC(=O)OCCC(C)(C)C)ccc1NS(C)(=O)=O. The molecular formula is C17H26N6O4S. The lowest BCUT2D eigenvalue weighted by molar-refractivity contribution is 0.145. The van der Waals surface area contributed by atoms with E-state index in [0.717, 1.165) is 12.7 Å². The summed E-state index contributed by atoms with van der Waals surface area (Å²) in [7, 11) is -1.78. The molecule has 0 aliphatic carbocycles. The van der Waals surface area contributed by atoms with E-state index in [1.165, 1.54) is 4.68 Å². The maximum Gasteiger partial charge on any atom is 0.412 e. The first-order chi connectivity index (χ1) is 12.9. The van der Waals surface area contributed by atoms with Gasteiger partial charge in [-0.3, -0.25) is 10.0 Å². The summed E-state index contributed by atoms with van der Waals surface area (Å²) in [5.74, 6) is 0.330. The van der Waals surface area contributed by atoms with E-state index in [4.69, 9.17) is 4.74 Å². The second-order valence-corrected chi connectivity index (χ2v) is 9.43. The van der Waals surface area contributed by atoms with E-state index in [9.17, 15) is 13.2 Å². The maximum absolute atomic E-state index is 12.1. The lowest BCUT2D eigenvalue weighted by Crippen LogP contribution is -2.19. The van der Waals surface area contributed by atoms with Crippen molar-refractivity contribution >= 4 is 27.6 Å². The van der Waals surface area contributed by atoms with Crippen LogP contribution in [0.3, 0.4) is 0 Å². The number of carbonyl (C=O) groups excluding carboxylic acids is 1. The third-order valence-electron chi connectivity index (χ3n) is 3.76. The molecule has 2 aromatic rings. The number of carbonyl (C=O) groups is 1. The molecule has 0 fully saturated rings. The number of pyridine rings is 1. The standard InChI is InChI=1S/C17H26N6O4S/c1-11-12(21-28(6,25)26)7-8-13(18-11)14-15(23(5)22-20-14)19-16(24)27-10-9-17(2,3)4/h7-8,21H,9-10H2,1-6H3,(H,19,24). The number of aromatic nitrogens is 4. The van der Waals surface area contributed by atoms with Gasteiger partial charge in [-0.05, 0) is 30.9 Å². The van der Waals surface area contributed by atoms with Crippen molar-refractivity contribution in [3.05, 3.63) is 17.8 Å². The molecule has 0 radical (unpaired) electrons. The Bertz CT molecular complexity index is 963. The van der Waals surface area contributed by atoms with Crippen molar-refractivity contribution in [2.24, 2.45) is 12.5 Å². The van der Waals surface area contributed by atoms with Crippen LogP contribution in [0.1, 0.15) is 32.9 Å². The van der Waals surface area contributed by atoms with Gasteiger partial charge in [-0.15, -0.1) is 5.10 Å². The molecule has 2 heterocycles. The minimum absolute atomic E-state index is 0.0583. The summed E-state index contributed by atoms with van der Waals surface area (Å²) in [4.78, 5) is 16.5. The van der Waals surface area contributed by atoms with Crippen LogP contribution >= 0.6 is 0 Å². The van der Waals surface area contributed by atoms with Gasteiger partial charge in [0.2, 0.25) is 10.0 Å². The predicted octanol–water partition coefficient (Wildman–Crippen LogP) is 2.54. The summed E-state index contributed by atoms with van der Waals surface area (Å²) in [6, 6.07) is 3.18. The highest BCUT2D eigenvalue weighted by atomic mass is 32.2. The molecule has 1 amide bonds. The molecule has 2 N–H and O–H groups in total. The third-order valence-corrected chi connectivity index (χ3v) is 4.35. The van der Waals surface area contributed by atoms with Crippen molar-refractivity contribution in [1.29, 1.82) is 0 Å². The highest BCUT2D eigenvalue weighted by Gasteiger charge is 2.19. The highest BCUT2D eigenvalue weighted by Crippen LogP contribution is 2.26. The molecule has 154 valence electrons. The van der Waals surface area contributed by atoms with Crippen LogP contribution in [-0.2, 0) is 21.8 Å². The smallest absolute Gasteiger partial charge is 0.412 e. The fourth-order valence-electron chi connectivity index (χ4n) is 2.25. The molecule has 28 heavy (non-hydrogen) atoms. The Morgan fingerprint density at radius 1 is 1.29 bits per heavy atom. The Morgan fingerprint density at radius 2 is 1.96 bits per heavy atom. The van der Waals surface area contributed by atoms with E-state index >= 15 is 0 Å². The number of amides is 1. The average Bonchev–Trinajstić information content (AvgIpc) is 2.88. The summed E-state index contributed by atoms with van der Waals surface area (Å²) in [6.07, 6.45) is 1.19. The zero-order valence-corrected chi connectivity index (χ0v) is 17.7. The van der Waals surface area contributed by atoms with Crippen LogP contribution in [0, 0.1) is 12.3 Å². The Kier molecular flexibility index (Phi) is 6.27. The molecule has 11 heteroatoms. The molecule has 0 aliphatic heterocycles. The van der Waals surface area contributed by atoms with E-state index in [1.54, 1.807) is 26.1 Å². The minimum atomic E-state index is -3.41. The Morgan fingerprint density at radius 3 is 2.54 bits per heavy atom. The van der Waals surface area contributed by atoms with Crippen molar-refractivity contribution in [3.63, 3.8) is 0 Å². The second kappa shape index (κ2) is 8.13. The van der Waals surface area contributed by atoms with Crippen molar-refractivity contribution in [2.75, 3.05) is 22.9 Å². The average molecular weight is 411 g/mol. The third kappa shape index (κ3) is 6.19. The minimum Gasteiger partial charge on any atom is -0.449 e. The highest BCUT2D eigenvalue weighted by molar-refractivity contribution is 7.92. The van der Waals surface area contributed by atoms with Crippen LogP contribution in [0.25, 0.3) is 11.4 Å². The number of hydrogen-bond donors (Lipinski definition) is 2. The Labute approximate surface area is 164 Å². The molecule has 10 nitrogen and oxygen atoms in total. The van der Waals surface area contributed by atoms with Crippen molar-refractivity contribution in [1.82, 2.24) is 20.0 Å². The van der Waals surface area contributed by atoms with Crippen molar-refractivity contribution < 1.29 is 17.9 Å². The van der Waals surface area contributed by atoms with Crippen LogP contribution in [0.4, 0.5) is 16.3 Å². The fourth-order valence-corrected chi connectivity index (χ4v) is 2.87.